The fourth-order valence-electron chi connectivity index (χ4n) is 2.20. The van der Waals surface area contributed by atoms with Gasteiger partial charge in [0.2, 0.25) is 0 Å². The summed E-state index contributed by atoms with van der Waals surface area (Å²) < 4.78 is 0. The van der Waals surface area contributed by atoms with E-state index in [9.17, 15) is 0 Å². The van der Waals surface area contributed by atoms with E-state index in [-0.39, 0.29) is 0 Å². The normalized spacial score (nSPS) is 27.7. The number of aromatic nitrogens is 1. The van der Waals surface area contributed by atoms with Crippen molar-refractivity contribution in [2.45, 2.75) is 39.3 Å². The lowest BCUT2D eigenvalue weighted by atomic mass is 9.90. The summed E-state index contributed by atoms with van der Waals surface area (Å²) in [5.41, 5.74) is 2.89. The van der Waals surface area contributed by atoms with Gasteiger partial charge in [0, 0.05) is 30.4 Å². The van der Waals surface area contributed by atoms with Gasteiger partial charge in [-0.25, -0.2) is 0 Å². The maximum absolute atomic E-state index is 3.64. The van der Waals surface area contributed by atoms with Gasteiger partial charge in [-0.1, -0.05) is 13.8 Å². The van der Waals surface area contributed by atoms with Crippen LogP contribution in [-0.2, 0) is 6.42 Å². The smallest absolute Gasteiger partial charge is 0.0363 e. The molecule has 0 radical (unpaired) electrons. The number of rotatable bonds is 1. The van der Waals surface area contributed by atoms with Crippen molar-refractivity contribution >= 4 is 0 Å². The Kier molecular flexibility index (Phi) is 2.16. The SMILES string of the molecule is CC(C)[C@H]1N[C@@H](C)Cc2[nH]ccc21. The van der Waals surface area contributed by atoms with Gasteiger partial charge in [-0.3, -0.25) is 0 Å². The molecule has 2 atom stereocenters. The molecule has 0 bridgehead atoms. The van der Waals surface area contributed by atoms with E-state index in [1.54, 1.807) is 0 Å². The van der Waals surface area contributed by atoms with Crippen LogP contribution in [0.1, 0.15) is 38.1 Å². The Balaban J connectivity index is 2.32. The minimum Gasteiger partial charge on any atom is -0.365 e. The van der Waals surface area contributed by atoms with Crippen LogP contribution in [0.25, 0.3) is 0 Å². The summed E-state index contributed by atoms with van der Waals surface area (Å²) in [5.74, 6) is 0.664. The van der Waals surface area contributed by atoms with Gasteiger partial charge in [-0.05, 0) is 24.5 Å². The zero-order valence-corrected chi connectivity index (χ0v) is 8.59. The zero-order valence-electron chi connectivity index (χ0n) is 8.59. The summed E-state index contributed by atoms with van der Waals surface area (Å²) in [7, 11) is 0. The Labute approximate surface area is 79.7 Å². The van der Waals surface area contributed by atoms with Crippen LogP contribution in [0.4, 0.5) is 0 Å². The highest BCUT2D eigenvalue weighted by Gasteiger charge is 2.26. The Hall–Kier alpha value is -0.760. The number of nitrogens with one attached hydrogen (secondary N) is 2. The molecule has 2 heterocycles. The Morgan fingerprint density at radius 2 is 2.23 bits per heavy atom. The maximum Gasteiger partial charge on any atom is 0.0363 e. The quantitative estimate of drug-likeness (QED) is 0.678. The van der Waals surface area contributed by atoms with Crippen LogP contribution in [0.15, 0.2) is 12.3 Å². The predicted octanol–water partition coefficient (Wildman–Crippen LogP) is 2.25. The first-order chi connectivity index (χ1) is 6.18. The van der Waals surface area contributed by atoms with Crippen molar-refractivity contribution in [1.29, 1.82) is 0 Å². The molecule has 2 heteroatoms. The summed E-state index contributed by atoms with van der Waals surface area (Å²) in [5, 5.41) is 3.64. The second kappa shape index (κ2) is 3.18. The number of aromatic amines is 1. The van der Waals surface area contributed by atoms with Crippen LogP contribution in [0.5, 0.6) is 0 Å². The fourth-order valence-corrected chi connectivity index (χ4v) is 2.20. The van der Waals surface area contributed by atoms with E-state index in [2.05, 4.69) is 43.3 Å². The van der Waals surface area contributed by atoms with Crippen LogP contribution in [-0.4, -0.2) is 11.0 Å². The molecule has 2 N–H and O–H groups in total. The molecular weight excluding hydrogens is 160 g/mol. The lowest BCUT2D eigenvalue weighted by molar-refractivity contribution is 0.345. The molecule has 2 nitrogen and oxygen atoms in total. The van der Waals surface area contributed by atoms with E-state index < -0.39 is 0 Å². The summed E-state index contributed by atoms with van der Waals surface area (Å²) in [4.78, 5) is 3.33. The number of hydrogen-bond donors (Lipinski definition) is 2. The van der Waals surface area contributed by atoms with Gasteiger partial charge in [0.25, 0.3) is 0 Å². The number of hydrogen-bond acceptors (Lipinski definition) is 1. The maximum atomic E-state index is 3.64. The number of fused-ring (bicyclic) bond motifs is 1. The van der Waals surface area contributed by atoms with Gasteiger partial charge in [0.05, 0.1) is 0 Å². The summed E-state index contributed by atoms with van der Waals surface area (Å²) in [6.07, 6.45) is 3.19. The Bertz CT molecular complexity index is 288. The van der Waals surface area contributed by atoms with Crippen LogP contribution in [0.2, 0.25) is 0 Å². The monoisotopic (exact) mass is 178 g/mol. The lowest BCUT2D eigenvalue weighted by Gasteiger charge is -2.31. The van der Waals surface area contributed by atoms with Crippen LogP contribution in [0, 0.1) is 5.92 Å². The van der Waals surface area contributed by atoms with E-state index in [0.717, 1.165) is 6.42 Å². The van der Waals surface area contributed by atoms with Gasteiger partial charge in [-0.15, -0.1) is 0 Å². The molecule has 13 heavy (non-hydrogen) atoms. The van der Waals surface area contributed by atoms with E-state index >= 15 is 0 Å². The summed E-state index contributed by atoms with van der Waals surface area (Å²) >= 11 is 0. The molecule has 0 spiro atoms. The highest BCUT2D eigenvalue weighted by atomic mass is 15.0. The van der Waals surface area contributed by atoms with Gasteiger partial charge < -0.3 is 10.3 Å². The average molecular weight is 178 g/mol. The minimum absolute atomic E-state index is 0.532. The first-order valence-corrected chi connectivity index (χ1v) is 5.10. The van der Waals surface area contributed by atoms with E-state index in [0.29, 0.717) is 18.0 Å². The van der Waals surface area contributed by atoms with Crippen molar-refractivity contribution in [2.75, 3.05) is 0 Å². The summed E-state index contributed by atoms with van der Waals surface area (Å²) in [6.45, 7) is 6.79. The second-order valence-electron chi connectivity index (χ2n) is 4.41. The Morgan fingerprint density at radius 1 is 1.46 bits per heavy atom. The predicted molar refractivity (Wildman–Crippen MR) is 54.7 cm³/mol. The zero-order chi connectivity index (χ0) is 9.42. The third kappa shape index (κ3) is 1.51. The van der Waals surface area contributed by atoms with Crippen molar-refractivity contribution in [2.24, 2.45) is 5.92 Å². The molecule has 0 aliphatic carbocycles. The molecule has 0 fully saturated rings. The third-order valence-electron chi connectivity index (χ3n) is 2.85. The second-order valence-corrected chi connectivity index (χ2v) is 4.41. The fraction of sp³-hybridized carbons (Fsp3) is 0.636. The van der Waals surface area contributed by atoms with Crippen molar-refractivity contribution in [1.82, 2.24) is 10.3 Å². The molecular formula is C11H18N2. The molecule has 1 aromatic rings. The molecule has 1 aliphatic heterocycles. The molecule has 1 aromatic heterocycles. The van der Waals surface area contributed by atoms with Crippen LogP contribution in [0.3, 0.4) is 0 Å². The first kappa shape index (κ1) is 8.82. The Morgan fingerprint density at radius 3 is 2.92 bits per heavy atom. The molecule has 72 valence electrons. The van der Waals surface area contributed by atoms with Crippen LogP contribution < -0.4 is 5.32 Å². The largest absolute Gasteiger partial charge is 0.365 e. The van der Waals surface area contributed by atoms with E-state index in [4.69, 9.17) is 0 Å². The standard InChI is InChI=1S/C11H18N2/c1-7(2)11-9-4-5-12-10(9)6-8(3)13-11/h4-5,7-8,11-13H,6H2,1-3H3/t8-,11+/m0/s1. The lowest BCUT2D eigenvalue weighted by Crippen LogP contribution is -2.39. The molecule has 0 saturated heterocycles. The molecule has 1 aliphatic rings. The van der Waals surface area contributed by atoms with Crippen molar-refractivity contribution < 1.29 is 0 Å². The average Bonchev–Trinajstić information content (AvgIpc) is 2.49. The van der Waals surface area contributed by atoms with Crippen molar-refractivity contribution in [3.63, 3.8) is 0 Å². The molecule has 0 saturated carbocycles. The van der Waals surface area contributed by atoms with Crippen LogP contribution >= 0.6 is 0 Å². The molecule has 0 aromatic carbocycles. The van der Waals surface area contributed by atoms with E-state index in [1.165, 1.54) is 11.3 Å². The minimum atomic E-state index is 0.532. The van der Waals surface area contributed by atoms with E-state index in [1.807, 2.05) is 0 Å². The molecule has 2 rings (SSSR count). The van der Waals surface area contributed by atoms with Crippen molar-refractivity contribution in [3.8, 4) is 0 Å². The van der Waals surface area contributed by atoms with Gasteiger partial charge in [-0.2, -0.15) is 0 Å². The third-order valence-corrected chi connectivity index (χ3v) is 2.85. The summed E-state index contributed by atoms with van der Waals surface area (Å²) in [6, 6.07) is 3.34. The highest BCUT2D eigenvalue weighted by Crippen LogP contribution is 2.29. The van der Waals surface area contributed by atoms with Gasteiger partial charge >= 0.3 is 0 Å². The molecule has 0 amide bonds. The first-order valence-electron chi connectivity index (χ1n) is 5.10. The topological polar surface area (TPSA) is 27.8 Å². The number of H-pyrrole nitrogens is 1. The van der Waals surface area contributed by atoms with Crippen molar-refractivity contribution in [3.05, 3.63) is 23.5 Å². The molecule has 0 unspecified atom stereocenters. The van der Waals surface area contributed by atoms with Gasteiger partial charge in [0.1, 0.15) is 0 Å². The van der Waals surface area contributed by atoms with Gasteiger partial charge in [0.15, 0.2) is 0 Å². The highest BCUT2D eigenvalue weighted by molar-refractivity contribution is 5.28.